The van der Waals surface area contributed by atoms with Crippen LogP contribution >= 0.6 is 0 Å². The number of unbranched alkanes of at least 4 members (excludes halogenated alkanes) is 3. The van der Waals surface area contributed by atoms with Crippen LogP contribution < -0.4 is 9.47 Å². The van der Waals surface area contributed by atoms with Crippen LogP contribution in [0.15, 0.2) is 48.5 Å². The van der Waals surface area contributed by atoms with Gasteiger partial charge in [-0.1, -0.05) is 37.6 Å². The molecule has 3 atom stereocenters. The van der Waals surface area contributed by atoms with Crippen molar-refractivity contribution >= 4 is 5.97 Å². The first-order chi connectivity index (χ1) is 18.1. The van der Waals surface area contributed by atoms with E-state index in [-0.39, 0.29) is 23.4 Å². The maximum Gasteiger partial charge on any atom is 0.314 e. The summed E-state index contributed by atoms with van der Waals surface area (Å²) in [5, 5.41) is 0. The standard InChI is InChI=1S/C31H40O6/c1-2-31(21-34-22-31)20-33-17-5-3-4-6-18-35-26-12-7-23(8-13-26)24-9-14-27(15-10-24)36-30(32)25-11-16-28-29(19-25)37-28/h7-10,12-15,25,28-29H,2-6,11,16-22H2,1H3. The number of esters is 1. The molecular weight excluding hydrogens is 468 g/mol. The third kappa shape index (κ3) is 7.13. The highest BCUT2D eigenvalue weighted by Gasteiger charge is 2.46. The first kappa shape index (κ1) is 26.2. The van der Waals surface area contributed by atoms with E-state index in [1.165, 1.54) is 6.42 Å². The van der Waals surface area contributed by atoms with Gasteiger partial charge in [-0.05, 0) is 80.3 Å². The van der Waals surface area contributed by atoms with Crippen molar-refractivity contribution in [3.05, 3.63) is 48.5 Å². The molecule has 1 aliphatic carbocycles. The largest absolute Gasteiger partial charge is 0.494 e. The fraction of sp³-hybridized carbons (Fsp3) is 0.581. The zero-order valence-corrected chi connectivity index (χ0v) is 22.0. The fourth-order valence-corrected chi connectivity index (χ4v) is 5.20. The van der Waals surface area contributed by atoms with Crippen LogP contribution in [0.3, 0.4) is 0 Å². The summed E-state index contributed by atoms with van der Waals surface area (Å²) < 4.78 is 28.3. The van der Waals surface area contributed by atoms with Crippen molar-refractivity contribution in [2.45, 2.75) is 70.5 Å². The van der Waals surface area contributed by atoms with Crippen LogP contribution in [0.1, 0.15) is 58.3 Å². The Labute approximate surface area is 220 Å². The molecule has 0 amide bonds. The lowest BCUT2D eigenvalue weighted by Gasteiger charge is -2.40. The van der Waals surface area contributed by atoms with Gasteiger partial charge < -0.3 is 23.7 Å². The van der Waals surface area contributed by atoms with Gasteiger partial charge in [-0.2, -0.15) is 0 Å². The molecule has 2 aliphatic heterocycles. The number of epoxide rings is 1. The number of fused-ring (bicyclic) bond motifs is 1. The summed E-state index contributed by atoms with van der Waals surface area (Å²) in [5.41, 5.74) is 2.47. The molecule has 2 saturated heterocycles. The molecule has 0 aromatic heterocycles. The number of carbonyl (C=O) groups excluding carboxylic acids is 1. The van der Waals surface area contributed by atoms with Crippen molar-refractivity contribution in [1.82, 2.24) is 0 Å². The molecule has 2 aromatic carbocycles. The summed E-state index contributed by atoms with van der Waals surface area (Å²) in [7, 11) is 0. The molecule has 3 unspecified atom stereocenters. The lowest BCUT2D eigenvalue weighted by molar-refractivity contribution is -0.150. The van der Waals surface area contributed by atoms with Gasteiger partial charge in [0.1, 0.15) is 11.5 Å². The highest BCUT2D eigenvalue weighted by atomic mass is 16.6. The second-order valence-electron chi connectivity index (χ2n) is 10.9. The van der Waals surface area contributed by atoms with Crippen LogP contribution in [0.25, 0.3) is 11.1 Å². The van der Waals surface area contributed by atoms with Crippen LogP contribution in [0.2, 0.25) is 0 Å². The molecule has 2 heterocycles. The third-order valence-electron chi connectivity index (χ3n) is 8.02. The normalized spacial score (nSPS) is 23.5. The quantitative estimate of drug-likeness (QED) is 0.131. The van der Waals surface area contributed by atoms with Crippen molar-refractivity contribution in [3.63, 3.8) is 0 Å². The van der Waals surface area contributed by atoms with Crippen molar-refractivity contribution in [2.24, 2.45) is 11.3 Å². The van der Waals surface area contributed by atoms with E-state index in [1.807, 2.05) is 36.4 Å². The molecule has 2 aromatic rings. The Kier molecular flexibility index (Phi) is 8.80. The Hall–Kier alpha value is -2.41. The van der Waals surface area contributed by atoms with E-state index in [9.17, 15) is 4.79 Å². The highest BCUT2D eigenvalue weighted by Crippen LogP contribution is 2.40. The smallest absolute Gasteiger partial charge is 0.314 e. The summed E-state index contributed by atoms with van der Waals surface area (Å²) >= 11 is 0. The minimum atomic E-state index is -0.138. The van der Waals surface area contributed by atoms with E-state index in [0.29, 0.717) is 11.9 Å². The number of benzene rings is 2. The first-order valence-electron chi connectivity index (χ1n) is 14.0. The number of rotatable bonds is 14. The van der Waals surface area contributed by atoms with Crippen molar-refractivity contribution in [1.29, 1.82) is 0 Å². The van der Waals surface area contributed by atoms with Gasteiger partial charge in [0, 0.05) is 12.0 Å². The molecule has 0 spiro atoms. The summed E-state index contributed by atoms with van der Waals surface area (Å²) in [6.45, 7) is 6.31. The first-order valence-corrected chi connectivity index (χ1v) is 14.0. The molecule has 37 heavy (non-hydrogen) atoms. The number of ether oxygens (including phenoxy) is 5. The zero-order valence-electron chi connectivity index (χ0n) is 22.0. The van der Waals surface area contributed by atoms with Gasteiger partial charge in [0.2, 0.25) is 0 Å². The molecule has 0 N–H and O–H groups in total. The van der Waals surface area contributed by atoms with Crippen LogP contribution in [-0.2, 0) is 19.0 Å². The van der Waals surface area contributed by atoms with Crippen LogP contribution in [0, 0.1) is 11.3 Å². The number of hydrogen-bond donors (Lipinski definition) is 0. The molecule has 5 rings (SSSR count). The van der Waals surface area contributed by atoms with Gasteiger partial charge in [-0.25, -0.2) is 0 Å². The lowest BCUT2D eigenvalue weighted by atomic mass is 9.84. The minimum absolute atomic E-state index is 0.0454. The van der Waals surface area contributed by atoms with Gasteiger partial charge in [0.25, 0.3) is 0 Å². The molecule has 0 bridgehead atoms. The Morgan fingerprint density at radius 1 is 0.865 bits per heavy atom. The second kappa shape index (κ2) is 12.4. The average molecular weight is 509 g/mol. The van der Waals surface area contributed by atoms with E-state index in [2.05, 4.69) is 19.1 Å². The Bertz CT molecular complexity index is 992. The van der Waals surface area contributed by atoms with Gasteiger partial charge >= 0.3 is 5.97 Å². The van der Waals surface area contributed by atoms with E-state index in [1.54, 1.807) is 0 Å². The predicted octanol–water partition coefficient (Wildman–Crippen LogP) is 6.21. The summed E-state index contributed by atoms with van der Waals surface area (Å²) in [4.78, 5) is 12.5. The minimum Gasteiger partial charge on any atom is -0.494 e. The molecular formula is C31H40O6. The average Bonchev–Trinajstić information content (AvgIpc) is 3.69. The summed E-state index contributed by atoms with van der Waals surface area (Å²) in [6.07, 6.45) is 8.88. The lowest BCUT2D eigenvalue weighted by Crippen LogP contribution is -2.45. The Morgan fingerprint density at radius 3 is 2.16 bits per heavy atom. The number of carbonyl (C=O) groups is 1. The summed E-state index contributed by atoms with van der Waals surface area (Å²) in [5.74, 6) is 1.30. The van der Waals surface area contributed by atoms with E-state index in [4.69, 9.17) is 23.7 Å². The monoisotopic (exact) mass is 508 g/mol. The SMILES string of the molecule is CCC1(COCCCCCCOc2ccc(-c3ccc(OC(=O)C4CCC5OC5C4)cc3)cc2)COC1. The van der Waals surface area contributed by atoms with Crippen molar-refractivity contribution < 1.29 is 28.5 Å². The maximum atomic E-state index is 12.5. The second-order valence-corrected chi connectivity index (χ2v) is 10.9. The molecule has 0 radical (unpaired) electrons. The third-order valence-corrected chi connectivity index (χ3v) is 8.02. The van der Waals surface area contributed by atoms with E-state index in [0.717, 1.165) is 94.9 Å². The molecule has 3 fully saturated rings. The van der Waals surface area contributed by atoms with Crippen molar-refractivity contribution in [2.75, 3.05) is 33.0 Å². The Morgan fingerprint density at radius 2 is 1.54 bits per heavy atom. The van der Waals surface area contributed by atoms with Crippen LogP contribution in [0.5, 0.6) is 11.5 Å². The van der Waals surface area contributed by atoms with Gasteiger partial charge in [0.15, 0.2) is 0 Å². The molecule has 6 nitrogen and oxygen atoms in total. The zero-order chi connectivity index (χ0) is 25.5. The summed E-state index contributed by atoms with van der Waals surface area (Å²) in [6, 6.07) is 15.9. The van der Waals surface area contributed by atoms with E-state index < -0.39 is 0 Å². The molecule has 1 saturated carbocycles. The van der Waals surface area contributed by atoms with Gasteiger partial charge in [-0.3, -0.25) is 4.79 Å². The van der Waals surface area contributed by atoms with Gasteiger partial charge in [0.05, 0.1) is 44.6 Å². The Balaban J connectivity index is 0.956. The molecule has 6 heteroatoms. The van der Waals surface area contributed by atoms with Gasteiger partial charge in [-0.15, -0.1) is 0 Å². The highest BCUT2D eigenvalue weighted by molar-refractivity contribution is 5.76. The van der Waals surface area contributed by atoms with E-state index >= 15 is 0 Å². The topological polar surface area (TPSA) is 66.5 Å². The van der Waals surface area contributed by atoms with Crippen LogP contribution in [0.4, 0.5) is 0 Å². The molecule has 3 aliphatic rings. The van der Waals surface area contributed by atoms with Crippen molar-refractivity contribution in [3.8, 4) is 22.6 Å². The number of hydrogen-bond acceptors (Lipinski definition) is 6. The fourth-order valence-electron chi connectivity index (χ4n) is 5.20. The maximum absolute atomic E-state index is 12.5. The predicted molar refractivity (Wildman–Crippen MR) is 142 cm³/mol. The molecule has 200 valence electrons. The van der Waals surface area contributed by atoms with Crippen LogP contribution in [-0.4, -0.2) is 51.2 Å².